The monoisotopic (exact) mass is 528 g/mol. The van der Waals surface area contributed by atoms with E-state index >= 15 is 0 Å². The molecule has 1 aromatic heterocycles. The van der Waals surface area contributed by atoms with Crippen LogP contribution in [0.25, 0.3) is 11.4 Å². The zero-order valence-electron chi connectivity index (χ0n) is 21.3. The third-order valence-corrected chi connectivity index (χ3v) is 6.87. The Balaban J connectivity index is 1.29. The number of carboxylic acids is 1. The second-order valence-electron chi connectivity index (χ2n) is 9.26. The van der Waals surface area contributed by atoms with Gasteiger partial charge in [-0.15, -0.1) is 9.78 Å². The molecular weight excluding hydrogens is 498 g/mol. The van der Waals surface area contributed by atoms with Crippen molar-refractivity contribution in [2.45, 2.75) is 32.7 Å². The number of aromatic amines is 1. The van der Waals surface area contributed by atoms with Gasteiger partial charge in [-0.1, -0.05) is 35.9 Å². The molecule has 2 heterocycles. The number of rotatable bonds is 8. The van der Waals surface area contributed by atoms with E-state index in [4.69, 9.17) is 17.0 Å². The molecule has 0 spiro atoms. The fourth-order valence-corrected chi connectivity index (χ4v) is 5.02. The predicted molar refractivity (Wildman–Crippen MR) is 150 cm³/mol. The Hall–Kier alpha value is -4.37. The Morgan fingerprint density at radius 3 is 2.63 bits per heavy atom. The van der Waals surface area contributed by atoms with E-state index in [1.807, 2.05) is 113 Å². The van der Waals surface area contributed by atoms with Gasteiger partial charge in [0.25, 0.3) is 0 Å². The number of nitrogens with one attached hydrogen (secondary N) is 2. The molecule has 0 bridgehead atoms. The summed E-state index contributed by atoms with van der Waals surface area (Å²) in [5, 5.41) is 16.2. The van der Waals surface area contributed by atoms with Crippen LogP contribution >= 0.6 is 12.2 Å². The fourth-order valence-electron chi connectivity index (χ4n) is 4.69. The quantitative estimate of drug-likeness (QED) is 0.159. The van der Waals surface area contributed by atoms with Gasteiger partial charge >= 0.3 is 10.7 Å². The number of hydrogen-bond donors (Lipinski definition) is 3. The zero-order chi connectivity index (χ0) is 26.6. The highest BCUT2D eigenvalue weighted by Crippen LogP contribution is 2.29. The van der Waals surface area contributed by atoms with Crippen LogP contribution in [0.5, 0.6) is 5.75 Å². The van der Waals surface area contributed by atoms with Crippen molar-refractivity contribution in [3.63, 3.8) is 0 Å². The van der Waals surface area contributed by atoms with Crippen LogP contribution in [0, 0.1) is 11.7 Å². The smallest absolute Gasteiger partial charge is 0.328 e. The summed E-state index contributed by atoms with van der Waals surface area (Å²) in [5.41, 5.74) is 4.76. The van der Waals surface area contributed by atoms with E-state index in [0.717, 1.165) is 40.6 Å². The van der Waals surface area contributed by atoms with Crippen molar-refractivity contribution in [3.8, 4) is 17.1 Å². The molecule has 0 fully saturated rings. The summed E-state index contributed by atoms with van der Waals surface area (Å²) < 4.78 is 10.5. The normalized spacial score (nSPS) is 15.2. The lowest BCUT2D eigenvalue weighted by molar-refractivity contribution is -0.610. The molecular formula is C29H30N5O3S+. The van der Waals surface area contributed by atoms with E-state index in [1.54, 1.807) is 0 Å². The number of para-hydroxylation sites is 1. The third kappa shape index (κ3) is 5.33. The zero-order valence-corrected chi connectivity index (χ0v) is 22.1. The summed E-state index contributed by atoms with van der Waals surface area (Å²) in [5.74, 6) is 0.779. The summed E-state index contributed by atoms with van der Waals surface area (Å²) >= 11 is 5.63. The maximum atomic E-state index is 11.8. The van der Waals surface area contributed by atoms with E-state index in [1.165, 1.54) is 0 Å². The van der Waals surface area contributed by atoms with Crippen molar-refractivity contribution < 1.29 is 19.2 Å². The van der Waals surface area contributed by atoms with Crippen molar-refractivity contribution in [1.29, 1.82) is 0 Å². The number of anilines is 2. The Morgan fingerprint density at radius 1 is 1.08 bits per heavy atom. The van der Waals surface area contributed by atoms with Crippen molar-refractivity contribution in [2.24, 2.45) is 0 Å². The summed E-state index contributed by atoms with van der Waals surface area (Å²) in [4.78, 5) is 13.6. The SMILES string of the molecule is CC1=CN(c2cccc(OCNc3cccc(-[n+]4c(C)n(-c5ccccc5)[nH]c4=S)c3)c2)C(C(=O)O)CC1. The first-order valence-corrected chi connectivity index (χ1v) is 12.9. The lowest BCUT2D eigenvalue weighted by Crippen LogP contribution is -2.40. The number of ether oxygens (including phenoxy) is 1. The molecule has 0 saturated heterocycles. The highest BCUT2D eigenvalue weighted by atomic mass is 32.1. The summed E-state index contributed by atoms with van der Waals surface area (Å²) in [6.45, 7) is 4.28. The van der Waals surface area contributed by atoms with Crippen molar-refractivity contribution >= 4 is 29.6 Å². The lowest BCUT2D eigenvalue weighted by atomic mass is 10.0. The Morgan fingerprint density at radius 2 is 1.84 bits per heavy atom. The highest BCUT2D eigenvalue weighted by Gasteiger charge is 2.28. The highest BCUT2D eigenvalue weighted by molar-refractivity contribution is 7.71. The Labute approximate surface area is 226 Å². The number of carboxylic acid groups (broad SMARTS) is 1. The number of nitrogens with zero attached hydrogens (tertiary/aromatic N) is 3. The molecule has 0 aliphatic carbocycles. The molecule has 0 saturated carbocycles. The molecule has 3 N–H and O–H groups in total. The van der Waals surface area contributed by atoms with Crippen LogP contribution in [0.2, 0.25) is 0 Å². The third-order valence-electron chi connectivity index (χ3n) is 6.60. The second-order valence-corrected chi connectivity index (χ2v) is 9.65. The first kappa shape index (κ1) is 25.3. The molecule has 1 aliphatic rings. The van der Waals surface area contributed by atoms with Gasteiger partial charge in [0.05, 0.1) is 0 Å². The van der Waals surface area contributed by atoms with Crippen LogP contribution in [0.3, 0.4) is 0 Å². The van der Waals surface area contributed by atoms with Gasteiger partial charge in [0, 0.05) is 36.6 Å². The molecule has 1 aliphatic heterocycles. The van der Waals surface area contributed by atoms with Crippen LogP contribution in [0.1, 0.15) is 25.6 Å². The number of carbonyl (C=O) groups is 1. The number of aromatic nitrogens is 3. The van der Waals surface area contributed by atoms with Gasteiger partial charge in [-0.2, -0.15) is 4.57 Å². The molecule has 0 radical (unpaired) electrons. The summed E-state index contributed by atoms with van der Waals surface area (Å²) in [7, 11) is 0. The lowest BCUT2D eigenvalue weighted by Gasteiger charge is -2.32. The van der Waals surface area contributed by atoms with Crippen LogP contribution in [-0.2, 0) is 4.79 Å². The van der Waals surface area contributed by atoms with Crippen LogP contribution in [0.15, 0.2) is 90.6 Å². The first-order valence-electron chi connectivity index (χ1n) is 12.5. The Kier molecular flexibility index (Phi) is 7.28. The Bertz CT molecular complexity index is 1540. The average molecular weight is 529 g/mol. The van der Waals surface area contributed by atoms with Crippen LogP contribution < -0.4 is 19.5 Å². The van der Waals surface area contributed by atoms with E-state index in [-0.39, 0.29) is 6.73 Å². The molecule has 0 amide bonds. The molecule has 9 heteroatoms. The minimum atomic E-state index is -0.825. The average Bonchev–Trinajstić information content (AvgIpc) is 3.23. The first-order chi connectivity index (χ1) is 18.4. The molecule has 194 valence electrons. The number of allylic oxidation sites excluding steroid dienone is 1. The molecule has 5 rings (SSSR count). The molecule has 8 nitrogen and oxygen atoms in total. The fraction of sp³-hybridized carbons (Fsp3) is 0.207. The van der Waals surface area contributed by atoms with Gasteiger partial charge in [0.2, 0.25) is 5.82 Å². The van der Waals surface area contributed by atoms with E-state index in [9.17, 15) is 9.90 Å². The van der Waals surface area contributed by atoms with Crippen molar-refractivity contribution in [2.75, 3.05) is 16.9 Å². The molecule has 38 heavy (non-hydrogen) atoms. The number of benzene rings is 3. The van der Waals surface area contributed by atoms with E-state index < -0.39 is 12.0 Å². The van der Waals surface area contributed by atoms with Gasteiger partial charge < -0.3 is 20.1 Å². The second kappa shape index (κ2) is 10.9. The van der Waals surface area contributed by atoms with E-state index in [0.29, 0.717) is 16.9 Å². The van der Waals surface area contributed by atoms with Gasteiger partial charge in [-0.3, -0.25) is 0 Å². The predicted octanol–water partition coefficient (Wildman–Crippen LogP) is 5.53. The summed E-state index contributed by atoms with van der Waals surface area (Å²) in [6, 6.07) is 24.9. The maximum absolute atomic E-state index is 11.8. The minimum Gasteiger partial charge on any atom is -0.480 e. The molecule has 3 aromatic carbocycles. The van der Waals surface area contributed by atoms with Crippen molar-refractivity contribution in [3.05, 3.63) is 101 Å². The standard InChI is InChI=1S/C29H29N5O3S/c1-20-14-15-27(28(35)36)32(18-20)24-11-7-13-26(17-24)37-19-30-22-8-6-12-25(16-22)33-21(2)34(31-29(33)38)23-9-4-3-5-10-23/h3-13,16-18,27,30H,14-15,19H2,1-2H3,(H-,31,35,36,38)/p+1. The molecule has 1 atom stereocenters. The molecule has 4 aromatic rings. The van der Waals surface area contributed by atoms with Crippen LogP contribution in [-0.4, -0.2) is 33.6 Å². The van der Waals surface area contributed by atoms with Crippen molar-refractivity contribution in [1.82, 2.24) is 9.78 Å². The maximum Gasteiger partial charge on any atom is 0.328 e. The number of aliphatic carboxylic acids is 1. The minimum absolute atomic E-state index is 0.242. The summed E-state index contributed by atoms with van der Waals surface area (Å²) in [6.07, 6.45) is 3.28. The topological polar surface area (TPSA) is 86.4 Å². The van der Waals surface area contributed by atoms with Gasteiger partial charge in [0.15, 0.2) is 6.73 Å². The van der Waals surface area contributed by atoms with E-state index in [2.05, 4.69) is 10.4 Å². The van der Waals surface area contributed by atoms with Crippen LogP contribution in [0.4, 0.5) is 11.4 Å². The van der Waals surface area contributed by atoms with Gasteiger partial charge in [0.1, 0.15) is 23.2 Å². The van der Waals surface area contributed by atoms with Gasteiger partial charge in [-0.25, -0.2) is 4.79 Å². The largest absolute Gasteiger partial charge is 0.480 e. The number of H-pyrrole nitrogens is 1. The molecule has 1 unspecified atom stereocenters. The van der Waals surface area contributed by atoms with Gasteiger partial charge in [-0.05, 0) is 68.4 Å². The number of hydrogen-bond acceptors (Lipinski definition) is 5.